The molecule has 1 heterocycles. The highest BCUT2D eigenvalue weighted by Gasteiger charge is 2.10. The van der Waals surface area contributed by atoms with Gasteiger partial charge in [-0.25, -0.2) is 0 Å². The van der Waals surface area contributed by atoms with Gasteiger partial charge in [-0.2, -0.15) is 0 Å². The van der Waals surface area contributed by atoms with Crippen LogP contribution < -0.4 is 10.9 Å². The van der Waals surface area contributed by atoms with Gasteiger partial charge in [-0.05, 0) is 49.9 Å². The molecule has 0 fully saturated rings. The van der Waals surface area contributed by atoms with E-state index in [2.05, 4.69) is 56.9 Å². The van der Waals surface area contributed by atoms with E-state index in [1.165, 1.54) is 30.4 Å². The molecule has 0 bridgehead atoms. The van der Waals surface area contributed by atoms with Crippen molar-refractivity contribution in [3.63, 3.8) is 0 Å². The lowest BCUT2D eigenvalue weighted by Crippen LogP contribution is -2.36. The number of nitrogens with zero attached hydrogens (tertiary/aromatic N) is 1. The molecule has 0 unspecified atom stereocenters. The molecule has 1 aromatic heterocycles. The van der Waals surface area contributed by atoms with E-state index < -0.39 is 0 Å². The normalized spacial score (nSPS) is 9.52. The first kappa shape index (κ1) is 26.4. The van der Waals surface area contributed by atoms with Crippen molar-refractivity contribution < 1.29 is 0 Å². The van der Waals surface area contributed by atoms with E-state index in [0.29, 0.717) is 17.0 Å². The van der Waals surface area contributed by atoms with Gasteiger partial charge < -0.3 is 0 Å². The predicted molar refractivity (Wildman–Crippen MR) is 126 cm³/mol. The van der Waals surface area contributed by atoms with Gasteiger partial charge in [0.2, 0.25) is 10.9 Å². The third-order valence-corrected chi connectivity index (χ3v) is 4.47. The van der Waals surface area contributed by atoms with Crippen molar-refractivity contribution in [2.45, 2.75) is 73.6 Å². The number of hydrogen-bond donors (Lipinski definition) is 0. The van der Waals surface area contributed by atoms with E-state index in [9.17, 15) is 9.59 Å². The molecule has 0 atom stereocenters. The second kappa shape index (κ2) is 15.4. The minimum Gasteiger partial charge on any atom is -0.285 e. The Morgan fingerprint density at radius 3 is 1.41 bits per heavy atom. The zero-order valence-corrected chi connectivity index (χ0v) is 19.2. The Bertz CT molecular complexity index is 814. The quantitative estimate of drug-likeness (QED) is 0.489. The van der Waals surface area contributed by atoms with Gasteiger partial charge in [-0.15, -0.1) is 0 Å². The number of benzene rings is 1. The molecule has 0 N–H and O–H groups in total. The van der Waals surface area contributed by atoms with Crippen molar-refractivity contribution in [1.82, 2.24) is 4.98 Å². The van der Waals surface area contributed by atoms with Crippen LogP contribution in [0.25, 0.3) is 0 Å². The van der Waals surface area contributed by atoms with Gasteiger partial charge in [-0.3, -0.25) is 14.6 Å². The van der Waals surface area contributed by atoms with Crippen molar-refractivity contribution in [3.8, 4) is 0 Å². The largest absolute Gasteiger partial charge is 0.285 e. The Labute approximate surface area is 176 Å². The second-order valence-corrected chi connectivity index (χ2v) is 7.35. The molecule has 3 nitrogen and oxygen atoms in total. The number of aryl methyl sites for hydroxylation is 1. The summed E-state index contributed by atoms with van der Waals surface area (Å²) in [6.07, 6.45) is 7.65. The van der Waals surface area contributed by atoms with Crippen LogP contribution in [0.3, 0.4) is 0 Å². The molecule has 0 radical (unpaired) electrons. The first-order valence-corrected chi connectivity index (χ1v) is 10.4. The van der Waals surface area contributed by atoms with E-state index in [4.69, 9.17) is 0 Å². The molecular formula is C26H37NO2. The summed E-state index contributed by atoms with van der Waals surface area (Å²) >= 11 is 0. The molecule has 29 heavy (non-hydrogen) atoms. The fraction of sp³-hybridized carbons (Fsp3) is 0.423. The lowest BCUT2D eigenvalue weighted by atomic mass is 10.0. The van der Waals surface area contributed by atoms with Crippen LogP contribution in [0.1, 0.15) is 75.1 Å². The monoisotopic (exact) mass is 395 g/mol. The molecule has 3 rings (SSSR count). The predicted octanol–water partition coefficient (Wildman–Crippen LogP) is 6.30. The zero-order valence-electron chi connectivity index (χ0n) is 19.2. The zero-order chi connectivity index (χ0) is 22.2. The van der Waals surface area contributed by atoms with Crippen LogP contribution in [0.4, 0.5) is 0 Å². The fourth-order valence-electron chi connectivity index (χ4n) is 2.24. The Morgan fingerprint density at radius 1 is 0.759 bits per heavy atom. The maximum Gasteiger partial charge on any atom is 0.229 e. The summed E-state index contributed by atoms with van der Waals surface area (Å²) in [4.78, 5) is 24.6. The molecule has 0 aliphatic rings. The molecule has 0 saturated carbocycles. The molecular weight excluding hydrogens is 358 g/mol. The van der Waals surface area contributed by atoms with Crippen molar-refractivity contribution in [2.24, 2.45) is 0 Å². The highest BCUT2D eigenvalue weighted by Crippen LogP contribution is 2.11. The maximum absolute atomic E-state index is 10.4. The molecule has 2 aromatic carbocycles. The van der Waals surface area contributed by atoms with E-state index in [-0.39, 0.29) is 10.9 Å². The van der Waals surface area contributed by atoms with E-state index in [1.54, 1.807) is 26.2 Å². The maximum atomic E-state index is 10.4. The molecule has 3 aromatic rings. The first-order chi connectivity index (χ1) is 13.8. The number of aromatic nitrogens is 1. The van der Waals surface area contributed by atoms with Crippen LogP contribution in [0, 0.1) is 20.8 Å². The Morgan fingerprint density at radius 2 is 1.21 bits per heavy atom. The molecule has 0 spiro atoms. The van der Waals surface area contributed by atoms with Gasteiger partial charge in [-0.1, -0.05) is 77.3 Å². The van der Waals surface area contributed by atoms with E-state index in [1.807, 2.05) is 25.1 Å². The summed E-state index contributed by atoms with van der Waals surface area (Å²) in [5.74, 6) is 0.659. The van der Waals surface area contributed by atoms with Gasteiger partial charge >= 0.3 is 0 Å². The summed E-state index contributed by atoms with van der Waals surface area (Å²) in [5.41, 5.74) is 3.28. The topological polar surface area (TPSA) is 47.0 Å². The number of hydrogen-bond acceptors (Lipinski definition) is 3. The number of unbranched alkanes of at least 4 members (excludes halogenated alkanes) is 2. The minimum absolute atomic E-state index is 0.317. The summed E-state index contributed by atoms with van der Waals surface area (Å²) in [5, 5.41) is 0. The van der Waals surface area contributed by atoms with Crippen LogP contribution >= 0.6 is 0 Å². The van der Waals surface area contributed by atoms with Crippen LogP contribution in [0.15, 0.2) is 64.4 Å². The average Bonchev–Trinajstić information content (AvgIpc) is 2.75. The van der Waals surface area contributed by atoms with Gasteiger partial charge in [0.15, 0.2) is 0 Å². The highest BCUT2D eigenvalue weighted by molar-refractivity contribution is 5.29. The minimum atomic E-state index is -0.317. The van der Waals surface area contributed by atoms with Crippen LogP contribution in [-0.4, -0.2) is 4.98 Å². The summed E-state index contributed by atoms with van der Waals surface area (Å²) in [6, 6.07) is 14.5. The Balaban J connectivity index is 0.000000368. The van der Waals surface area contributed by atoms with E-state index >= 15 is 0 Å². The number of rotatable bonds is 3. The lowest BCUT2D eigenvalue weighted by molar-refractivity contribution is 0.772. The summed E-state index contributed by atoms with van der Waals surface area (Å²) in [7, 11) is 0. The summed E-state index contributed by atoms with van der Waals surface area (Å²) < 4.78 is 0. The third kappa shape index (κ3) is 11.1. The fourth-order valence-corrected chi connectivity index (χ4v) is 2.24. The molecule has 3 heteroatoms. The smallest absolute Gasteiger partial charge is 0.229 e. The van der Waals surface area contributed by atoms with Crippen molar-refractivity contribution >= 4 is 0 Å². The Kier molecular flexibility index (Phi) is 14.0. The molecule has 158 valence electrons. The molecule has 0 aliphatic carbocycles. The van der Waals surface area contributed by atoms with Crippen LogP contribution in [0.2, 0.25) is 0 Å². The molecule has 0 amide bonds. The van der Waals surface area contributed by atoms with Crippen molar-refractivity contribution in [3.05, 3.63) is 97.6 Å². The Hall–Kier alpha value is -2.55. The van der Waals surface area contributed by atoms with Gasteiger partial charge in [0.1, 0.15) is 0 Å². The number of pyridine rings is 1. The van der Waals surface area contributed by atoms with Crippen LogP contribution in [0.5, 0.6) is 0 Å². The second-order valence-electron chi connectivity index (χ2n) is 7.35. The standard InChI is InChI=1S/C9H12.C6H7N.C6H6O2.C5H12/c1-8(2)9-6-4-3-5-7-9;1-6-2-4-7-5-3-6;1-3-4(2)6(8)5(3)7;1-3-5-4-2/h3-8H,1-2H3;2-5H,1H3;1-2H3;3-5H2,1-2H3. The van der Waals surface area contributed by atoms with Crippen molar-refractivity contribution in [1.29, 1.82) is 0 Å². The molecule has 0 saturated heterocycles. The average molecular weight is 396 g/mol. The molecule has 0 aliphatic heterocycles. The summed E-state index contributed by atoms with van der Waals surface area (Å²) in [6.45, 7) is 14.2. The highest BCUT2D eigenvalue weighted by atomic mass is 16.2. The van der Waals surface area contributed by atoms with E-state index in [0.717, 1.165) is 0 Å². The SMILES string of the molecule is CC(C)c1ccccc1.CCCCC.Cc1c(C)c(=O)c1=O.Cc1ccncc1. The van der Waals surface area contributed by atoms with Crippen molar-refractivity contribution in [2.75, 3.05) is 0 Å². The van der Waals surface area contributed by atoms with Crippen LogP contribution in [-0.2, 0) is 0 Å². The van der Waals surface area contributed by atoms with Gasteiger partial charge in [0.05, 0.1) is 0 Å². The lowest BCUT2D eigenvalue weighted by Gasteiger charge is -2.01. The van der Waals surface area contributed by atoms with Gasteiger partial charge in [0.25, 0.3) is 0 Å². The third-order valence-electron chi connectivity index (χ3n) is 4.47. The van der Waals surface area contributed by atoms with Gasteiger partial charge in [0, 0.05) is 23.5 Å². The first-order valence-electron chi connectivity index (χ1n) is 10.4.